The van der Waals surface area contributed by atoms with Crippen LogP contribution in [0, 0.1) is 11.3 Å². The van der Waals surface area contributed by atoms with Gasteiger partial charge in [-0.1, -0.05) is 12.1 Å². The Balaban J connectivity index is 1.67. The number of fused-ring (bicyclic) bond motifs is 1. The molecule has 2 aromatic heterocycles. The fraction of sp³-hybridized carbons (Fsp3) is 0.0526. The van der Waals surface area contributed by atoms with Crippen LogP contribution in [0.4, 0.5) is 13.2 Å². The first kappa shape index (κ1) is 17.9. The van der Waals surface area contributed by atoms with Crippen LogP contribution in [0.2, 0.25) is 0 Å². The van der Waals surface area contributed by atoms with Crippen molar-refractivity contribution >= 4 is 33.2 Å². The standard InChI is InChI=1S/C19H10F3N5S/c20-19(21,22)14-3-6-17-16(8-14)26-18(28-17)13(9-23)7-12-1-4-15(5-2-12)27-11-24-10-25-27/h1-8,10-11H/b13-7+. The molecule has 0 saturated carbocycles. The maximum atomic E-state index is 12.9. The molecule has 0 amide bonds. The fourth-order valence-corrected chi connectivity index (χ4v) is 3.50. The number of aromatic nitrogens is 4. The van der Waals surface area contributed by atoms with Crippen LogP contribution in [0.1, 0.15) is 16.1 Å². The second kappa shape index (κ2) is 6.90. The zero-order valence-corrected chi connectivity index (χ0v) is 14.9. The summed E-state index contributed by atoms with van der Waals surface area (Å²) in [6, 6.07) is 12.7. The quantitative estimate of drug-likeness (QED) is 0.458. The Bertz CT molecular complexity index is 1200. The monoisotopic (exact) mass is 397 g/mol. The van der Waals surface area contributed by atoms with Gasteiger partial charge < -0.3 is 0 Å². The number of hydrogen-bond donors (Lipinski definition) is 0. The van der Waals surface area contributed by atoms with Crippen molar-refractivity contribution in [3.05, 3.63) is 71.3 Å². The van der Waals surface area contributed by atoms with Crippen LogP contribution in [0.3, 0.4) is 0 Å². The molecule has 4 aromatic rings. The van der Waals surface area contributed by atoms with Gasteiger partial charge in [-0.3, -0.25) is 0 Å². The predicted octanol–water partition coefficient (Wildman–Crippen LogP) is 4.96. The van der Waals surface area contributed by atoms with E-state index in [9.17, 15) is 18.4 Å². The van der Waals surface area contributed by atoms with E-state index in [-0.39, 0.29) is 11.1 Å². The van der Waals surface area contributed by atoms with Crippen molar-refractivity contribution in [2.75, 3.05) is 0 Å². The smallest absolute Gasteiger partial charge is 0.235 e. The number of rotatable bonds is 3. The molecule has 5 nitrogen and oxygen atoms in total. The lowest BCUT2D eigenvalue weighted by Gasteiger charge is -2.04. The lowest BCUT2D eigenvalue weighted by molar-refractivity contribution is -0.137. The number of alkyl halides is 3. The molecule has 0 aliphatic rings. The molecule has 0 aliphatic heterocycles. The van der Waals surface area contributed by atoms with Crippen molar-refractivity contribution in [1.29, 1.82) is 5.26 Å². The van der Waals surface area contributed by atoms with E-state index in [2.05, 4.69) is 21.1 Å². The number of thiazole rings is 1. The number of allylic oxidation sites excluding steroid dienone is 1. The first-order valence-electron chi connectivity index (χ1n) is 7.99. The van der Waals surface area contributed by atoms with E-state index >= 15 is 0 Å². The minimum absolute atomic E-state index is 0.220. The third kappa shape index (κ3) is 3.50. The lowest BCUT2D eigenvalue weighted by atomic mass is 10.1. The number of benzene rings is 2. The van der Waals surface area contributed by atoms with Crippen molar-refractivity contribution in [2.24, 2.45) is 0 Å². The summed E-state index contributed by atoms with van der Waals surface area (Å²) >= 11 is 1.18. The molecule has 0 bridgehead atoms. The van der Waals surface area contributed by atoms with Crippen LogP contribution in [0.15, 0.2) is 55.1 Å². The summed E-state index contributed by atoms with van der Waals surface area (Å²) in [4.78, 5) is 8.10. The summed E-state index contributed by atoms with van der Waals surface area (Å²) in [5.41, 5.74) is 1.31. The van der Waals surface area contributed by atoms with Crippen LogP contribution in [0.5, 0.6) is 0 Å². The SMILES string of the molecule is N#C/C(=C\c1ccc(-n2cncn2)cc1)c1nc2cc(C(F)(F)F)ccc2s1. The second-order valence-electron chi connectivity index (χ2n) is 5.80. The van der Waals surface area contributed by atoms with Gasteiger partial charge in [0.05, 0.1) is 27.0 Å². The summed E-state index contributed by atoms with van der Waals surface area (Å²) < 4.78 is 40.8. The van der Waals surface area contributed by atoms with E-state index in [0.717, 1.165) is 23.4 Å². The largest absolute Gasteiger partial charge is 0.416 e. The van der Waals surface area contributed by atoms with Gasteiger partial charge in [-0.05, 0) is 42.0 Å². The maximum Gasteiger partial charge on any atom is 0.416 e. The number of hydrogen-bond acceptors (Lipinski definition) is 5. The molecule has 9 heteroatoms. The Labute approximate surface area is 161 Å². The molecule has 138 valence electrons. The van der Waals surface area contributed by atoms with Crippen LogP contribution in [-0.4, -0.2) is 19.7 Å². The summed E-state index contributed by atoms with van der Waals surface area (Å²) in [6.07, 6.45) is 0.214. The van der Waals surface area contributed by atoms with E-state index in [1.165, 1.54) is 23.7 Å². The highest BCUT2D eigenvalue weighted by molar-refractivity contribution is 7.19. The first-order chi connectivity index (χ1) is 13.4. The van der Waals surface area contributed by atoms with Gasteiger partial charge in [-0.15, -0.1) is 11.3 Å². The molecule has 0 aliphatic carbocycles. The van der Waals surface area contributed by atoms with Gasteiger partial charge in [0.15, 0.2) is 0 Å². The molecular weight excluding hydrogens is 387 g/mol. The first-order valence-corrected chi connectivity index (χ1v) is 8.81. The maximum absolute atomic E-state index is 12.9. The minimum Gasteiger partial charge on any atom is -0.235 e. The molecule has 0 radical (unpaired) electrons. The zero-order valence-electron chi connectivity index (χ0n) is 14.1. The molecule has 28 heavy (non-hydrogen) atoms. The normalized spacial score (nSPS) is 12.3. The summed E-state index contributed by atoms with van der Waals surface area (Å²) in [5, 5.41) is 13.9. The Hall–Kier alpha value is -3.51. The minimum atomic E-state index is -4.43. The Morgan fingerprint density at radius 3 is 2.57 bits per heavy atom. The molecular formula is C19H10F3N5S. The molecule has 0 saturated heterocycles. The van der Waals surface area contributed by atoms with Crippen LogP contribution < -0.4 is 0 Å². The van der Waals surface area contributed by atoms with Gasteiger partial charge in [-0.25, -0.2) is 14.6 Å². The number of halogens is 3. The highest BCUT2D eigenvalue weighted by atomic mass is 32.1. The van der Waals surface area contributed by atoms with Crippen molar-refractivity contribution in [3.63, 3.8) is 0 Å². The van der Waals surface area contributed by atoms with Gasteiger partial charge in [0.2, 0.25) is 0 Å². The molecule has 0 unspecified atom stereocenters. The van der Waals surface area contributed by atoms with Crippen LogP contribution >= 0.6 is 11.3 Å². The zero-order chi connectivity index (χ0) is 19.7. The predicted molar refractivity (Wildman–Crippen MR) is 99.5 cm³/mol. The fourth-order valence-electron chi connectivity index (χ4n) is 2.59. The van der Waals surface area contributed by atoms with E-state index in [1.807, 2.05) is 24.3 Å². The molecule has 4 rings (SSSR count). The average molecular weight is 397 g/mol. The van der Waals surface area contributed by atoms with Crippen molar-refractivity contribution < 1.29 is 13.2 Å². The van der Waals surface area contributed by atoms with Gasteiger partial charge in [0.1, 0.15) is 23.7 Å². The number of nitrogens with zero attached hydrogens (tertiary/aromatic N) is 5. The third-order valence-electron chi connectivity index (χ3n) is 3.95. The second-order valence-corrected chi connectivity index (χ2v) is 6.83. The highest BCUT2D eigenvalue weighted by Gasteiger charge is 2.30. The molecule has 2 aromatic carbocycles. The number of nitriles is 1. The van der Waals surface area contributed by atoms with Crippen LogP contribution in [-0.2, 0) is 6.18 Å². The van der Waals surface area contributed by atoms with Gasteiger partial charge >= 0.3 is 6.18 Å². The van der Waals surface area contributed by atoms with Crippen molar-refractivity contribution in [1.82, 2.24) is 19.7 Å². The van der Waals surface area contributed by atoms with Gasteiger partial charge in [0.25, 0.3) is 0 Å². The highest BCUT2D eigenvalue weighted by Crippen LogP contribution is 2.34. The van der Waals surface area contributed by atoms with Gasteiger partial charge in [-0.2, -0.15) is 23.5 Å². The summed E-state index contributed by atoms with van der Waals surface area (Å²) in [6.45, 7) is 0. The van der Waals surface area contributed by atoms with Gasteiger partial charge in [0, 0.05) is 0 Å². The van der Waals surface area contributed by atoms with E-state index in [4.69, 9.17) is 0 Å². The molecule has 0 spiro atoms. The summed E-state index contributed by atoms with van der Waals surface area (Å²) in [5.74, 6) is 0. The molecule has 0 N–H and O–H groups in total. The summed E-state index contributed by atoms with van der Waals surface area (Å²) in [7, 11) is 0. The topological polar surface area (TPSA) is 67.4 Å². The van der Waals surface area contributed by atoms with Crippen molar-refractivity contribution in [2.45, 2.75) is 6.18 Å². The molecule has 0 atom stereocenters. The molecule has 0 fully saturated rings. The van der Waals surface area contributed by atoms with E-state index < -0.39 is 11.7 Å². The Morgan fingerprint density at radius 2 is 1.93 bits per heavy atom. The Kier molecular flexibility index (Phi) is 4.41. The Morgan fingerprint density at radius 1 is 1.14 bits per heavy atom. The average Bonchev–Trinajstić information content (AvgIpc) is 3.35. The van der Waals surface area contributed by atoms with E-state index in [0.29, 0.717) is 9.71 Å². The van der Waals surface area contributed by atoms with E-state index in [1.54, 1.807) is 17.1 Å². The van der Waals surface area contributed by atoms with Crippen LogP contribution in [0.25, 0.3) is 27.6 Å². The third-order valence-corrected chi connectivity index (χ3v) is 5.02. The molecule has 2 heterocycles. The lowest BCUT2D eigenvalue weighted by Crippen LogP contribution is -2.03. The van der Waals surface area contributed by atoms with Crippen molar-refractivity contribution in [3.8, 4) is 11.8 Å².